The van der Waals surface area contributed by atoms with Gasteiger partial charge in [0.15, 0.2) is 0 Å². The van der Waals surface area contributed by atoms with E-state index in [1.54, 1.807) is 11.3 Å². The fraction of sp³-hybridized carbons (Fsp3) is 0.136. The highest BCUT2D eigenvalue weighted by Crippen LogP contribution is 2.36. The van der Waals surface area contributed by atoms with Crippen LogP contribution in [0.25, 0.3) is 32.0 Å². The lowest BCUT2D eigenvalue weighted by atomic mass is 10.0. The molecule has 0 aliphatic rings. The van der Waals surface area contributed by atoms with E-state index >= 15 is 0 Å². The van der Waals surface area contributed by atoms with Crippen molar-refractivity contribution in [1.82, 2.24) is 5.32 Å². The number of aliphatic carboxylic acids is 1. The van der Waals surface area contributed by atoms with Crippen molar-refractivity contribution >= 4 is 38.2 Å². The number of thiophene rings is 1. The van der Waals surface area contributed by atoms with Gasteiger partial charge < -0.3 is 10.4 Å². The zero-order valence-electron chi connectivity index (χ0n) is 14.2. The Morgan fingerprint density at radius 2 is 1.73 bits per heavy atom. The molecule has 0 fully saturated rings. The van der Waals surface area contributed by atoms with Gasteiger partial charge in [-0.05, 0) is 39.4 Å². The van der Waals surface area contributed by atoms with Crippen molar-refractivity contribution in [3.05, 3.63) is 71.6 Å². The molecule has 26 heavy (non-hydrogen) atoms. The van der Waals surface area contributed by atoms with Crippen molar-refractivity contribution in [2.24, 2.45) is 0 Å². The van der Waals surface area contributed by atoms with Crippen molar-refractivity contribution in [1.29, 1.82) is 0 Å². The Labute approximate surface area is 155 Å². The summed E-state index contributed by atoms with van der Waals surface area (Å²) in [5.74, 6) is -0.771. The predicted molar refractivity (Wildman–Crippen MR) is 109 cm³/mol. The second kappa shape index (κ2) is 7.28. The molecule has 2 N–H and O–H groups in total. The van der Waals surface area contributed by atoms with Gasteiger partial charge in [-0.3, -0.25) is 4.79 Å². The van der Waals surface area contributed by atoms with Crippen LogP contribution in [0.3, 0.4) is 0 Å². The van der Waals surface area contributed by atoms with Gasteiger partial charge in [-0.25, -0.2) is 0 Å². The average Bonchev–Trinajstić information content (AvgIpc) is 3.07. The van der Waals surface area contributed by atoms with Crippen molar-refractivity contribution in [2.75, 3.05) is 6.54 Å². The van der Waals surface area contributed by atoms with Crippen LogP contribution < -0.4 is 5.32 Å². The quantitative estimate of drug-likeness (QED) is 0.459. The SMILES string of the molecule is O=C(O)CCNCc1cc2cccc(-c3ccc4ccccc4c3)c2s1. The summed E-state index contributed by atoms with van der Waals surface area (Å²) in [5.41, 5.74) is 2.47. The molecule has 3 nitrogen and oxygen atoms in total. The number of hydrogen-bond acceptors (Lipinski definition) is 3. The monoisotopic (exact) mass is 361 g/mol. The highest BCUT2D eigenvalue weighted by atomic mass is 32.1. The Bertz CT molecular complexity index is 1080. The number of nitrogens with one attached hydrogen (secondary N) is 1. The first kappa shape index (κ1) is 16.8. The van der Waals surface area contributed by atoms with E-state index < -0.39 is 5.97 Å². The van der Waals surface area contributed by atoms with Gasteiger partial charge in [0.1, 0.15) is 0 Å². The van der Waals surface area contributed by atoms with Crippen LogP contribution in [-0.4, -0.2) is 17.6 Å². The van der Waals surface area contributed by atoms with Crippen LogP contribution in [0.1, 0.15) is 11.3 Å². The number of rotatable bonds is 6. The van der Waals surface area contributed by atoms with Crippen molar-refractivity contribution < 1.29 is 9.90 Å². The van der Waals surface area contributed by atoms with Crippen molar-refractivity contribution in [3.8, 4) is 11.1 Å². The molecule has 0 amide bonds. The summed E-state index contributed by atoms with van der Waals surface area (Å²) >= 11 is 1.77. The summed E-state index contributed by atoms with van der Waals surface area (Å²) in [6.45, 7) is 1.19. The molecule has 0 saturated heterocycles. The maximum atomic E-state index is 10.6. The van der Waals surface area contributed by atoms with E-state index in [4.69, 9.17) is 5.11 Å². The maximum absolute atomic E-state index is 10.6. The number of hydrogen-bond donors (Lipinski definition) is 2. The van der Waals surface area contributed by atoms with E-state index in [1.807, 2.05) is 0 Å². The van der Waals surface area contributed by atoms with E-state index in [2.05, 4.69) is 72.0 Å². The van der Waals surface area contributed by atoms with Gasteiger partial charge in [-0.1, -0.05) is 54.6 Å². The molecule has 0 atom stereocenters. The molecule has 130 valence electrons. The number of carboxylic acid groups (broad SMARTS) is 1. The Morgan fingerprint density at radius 3 is 2.58 bits per heavy atom. The van der Waals surface area contributed by atoms with Gasteiger partial charge in [0, 0.05) is 22.7 Å². The number of fused-ring (bicyclic) bond motifs is 2. The van der Waals surface area contributed by atoms with E-state index in [1.165, 1.54) is 36.9 Å². The number of carboxylic acids is 1. The Balaban J connectivity index is 1.65. The van der Waals surface area contributed by atoms with Gasteiger partial charge in [-0.15, -0.1) is 11.3 Å². The minimum atomic E-state index is -0.771. The first-order chi connectivity index (χ1) is 12.7. The molecule has 0 aliphatic heterocycles. The van der Waals surface area contributed by atoms with Crippen molar-refractivity contribution in [3.63, 3.8) is 0 Å². The van der Waals surface area contributed by atoms with Crippen LogP contribution in [-0.2, 0) is 11.3 Å². The minimum absolute atomic E-state index is 0.146. The summed E-state index contributed by atoms with van der Waals surface area (Å²) in [5, 5.41) is 15.7. The van der Waals surface area contributed by atoms with Crippen LogP contribution in [0.5, 0.6) is 0 Å². The molecule has 0 bridgehead atoms. The third-order valence-corrected chi connectivity index (χ3v) is 5.65. The highest BCUT2D eigenvalue weighted by Gasteiger charge is 2.09. The molecule has 0 radical (unpaired) electrons. The van der Waals surface area contributed by atoms with E-state index in [0.717, 1.165) is 0 Å². The summed E-state index contributed by atoms with van der Waals surface area (Å²) in [4.78, 5) is 11.8. The molecule has 0 unspecified atom stereocenters. The normalized spacial score (nSPS) is 11.2. The Morgan fingerprint density at radius 1 is 0.923 bits per heavy atom. The molecule has 0 aliphatic carbocycles. The fourth-order valence-corrected chi connectivity index (χ4v) is 4.36. The van der Waals surface area contributed by atoms with Gasteiger partial charge in [0.05, 0.1) is 6.42 Å². The van der Waals surface area contributed by atoms with Gasteiger partial charge in [0.2, 0.25) is 0 Å². The second-order valence-electron chi connectivity index (χ2n) is 6.32. The molecule has 4 aromatic rings. The maximum Gasteiger partial charge on any atom is 0.304 e. The largest absolute Gasteiger partial charge is 0.481 e. The summed E-state index contributed by atoms with van der Waals surface area (Å²) < 4.78 is 1.28. The minimum Gasteiger partial charge on any atom is -0.481 e. The van der Waals surface area contributed by atoms with E-state index in [9.17, 15) is 4.79 Å². The predicted octanol–water partition coefficient (Wildman–Crippen LogP) is 5.29. The molecule has 4 heteroatoms. The summed E-state index contributed by atoms with van der Waals surface area (Å²) in [6.07, 6.45) is 0.146. The Kier molecular flexibility index (Phi) is 4.69. The molecule has 3 aromatic carbocycles. The second-order valence-corrected chi connectivity index (χ2v) is 7.46. The lowest BCUT2D eigenvalue weighted by molar-refractivity contribution is -0.136. The van der Waals surface area contributed by atoms with Crippen LogP contribution in [0.2, 0.25) is 0 Å². The standard InChI is InChI=1S/C22H19NO2S/c24-21(25)10-11-23-14-19-13-18-6-3-7-20(22(18)26-19)17-9-8-15-4-1-2-5-16(15)12-17/h1-9,12-13,23H,10-11,14H2,(H,24,25). The fourth-order valence-electron chi connectivity index (χ4n) is 3.19. The smallest absolute Gasteiger partial charge is 0.304 e. The Hall–Kier alpha value is -2.69. The zero-order chi connectivity index (χ0) is 17.9. The van der Waals surface area contributed by atoms with Crippen LogP contribution in [0, 0.1) is 0 Å². The third kappa shape index (κ3) is 3.47. The van der Waals surface area contributed by atoms with Gasteiger partial charge in [-0.2, -0.15) is 0 Å². The average molecular weight is 361 g/mol. The zero-order valence-corrected chi connectivity index (χ0v) is 15.1. The molecular formula is C22H19NO2S. The van der Waals surface area contributed by atoms with Crippen LogP contribution in [0.15, 0.2) is 66.7 Å². The topological polar surface area (TPSA) is 49.3 Å². The van der Waals surface area contributed by atoms with Crippen molar-refractivity contribution in [2.45, 2.75) is 13.0 Å². The summed E-state index contributed by atoms with van der Waals surface area (Å²) in [7, 11) is 0. The highest BCUT2D eigenvalue weighted by molar-refractivity contribution is 7.19. The molecule has 1 aromatic heterocycles. The molecular weight excluding hydrogens is 342 g/mol. The molecule has 1 heterocycles. The molecule has 0 saturated carbocycles. The van der Waals surface area contributed by atoms with E-state index in [0.29, 0.717) is 13.1 Å². The lowest BCUT2D eigenvalue weighted by Crippen LogP contribution is -2.16. The lowest BCUT2D eigenvalue weighted by Gasteiger charge is -2.05. The molecule has 4 rings (SSSR count). The van der Waals surface area contributed by atoms with E-state index in [-0.39, 0.29) is 6.42 Å². The number of benzene rings is 3. The first-order valence-corrected chi connectivity index (χ1v) is 9.45. The third-order valence-electron chi connectivity index (χ3n) is 4.47. The summed E-state index contributed by atoms with van der Waals surface area (Å²) in [6, 6.07) is 23.6. The van der Waals surface area contributed by atoms with Crippen LogP contribution in [0.4, 0.5) is 0 Å². The van der Waals surface area contributed by atoms with Gasteiger partial charge >= 0.3 is 5.97 Å². The first-order valence-electron chi connectivity index (χ1n) is 8.64. The molecule has 0 spiro atoms. The van der Waals surface area contributed by atoms with Gasteiger partial charge in [0.25, 0.3) is 0 Å². The van der Waals surface area contributed by atoms with Crippen LogP contribution >= 0.6 is 11.3 Å². The number of carbonyl (C=O) groups is 1.